The maximum absolute atomic E-state index is 14.5. The first-order valence-corrected chi connectivity index (χ1v) is 12.2. The highest BCUT2D eigenvalue weighted by molar-refractivity contribution is 8.01. The largest absolute Gasteiger partial charge is 0.497 e. The number of urea groups is 1. The molecule has 1 N–H and O–H groups in total. The van der Waals surface area contributed by atoms with E-state index in [9.17, 15) is 18.4 Å². The molecule has 0 saturated carbocycles. The summed E-state index contributed by atoms with van der Waals surface area (Å²) >= 11 is 1.31. The number of amides is 3. The molecule has 0 radical (unpaired) electrons. The maximum Gasteiger partial charge on any atom is 0.323 e. The Morgan fingerprint density at radius 3 is 2.36 bits per heavy atom. The predicted molar refractivity (Wildman–Crippen MR) is 133 cm³/mol. The van der Waals surface area contributed by atoms with Gasteiger partial charge in [0.15, 0.2) is 4.87 Å². The molecule has 5 rings (SSSR count). The van der Waals surface area contributed by atoms with E-state index in [2.05, 4.69) is 5.32 Å². The number of ether oxygens (including phenoxy) is 2. The molecule has 1 saturated heterocycles. The highest BCUT2D eigenvalue weighted by atomic mass is 32.2. The zero-order valence-electron chi connectivity index (χ0n) is 19.6. The van der Waals surface area contributed by atoms with Crippen LogP contribution >= 0.6 is 11.8 Å². The summed E-state index contributed by atoms with van der Waals surface area (Å²) in [6.07, 6.45) is 0. The lowest BCUT2D eigenvalue weighted by atomic mass is 10.1. The smallest absolute Gasteiger partial charge is 0.323 e. The Morgan fingerprint density at radius 2 is 1.69 bits per heavy atom. The Bertz CT molecular complexity index is 1320. The Morgan fingerprint density at radius 1 is 1.03 bits per heavy atom. The minimum absolute atomic E-state index is 0.220. The van der Waals surface area contributed by atoms with Crippen molar-refractivity contribution in [2.45, 2.75) is 11.4 Å². The summed E-state index contributed by atoms with van der Waals surface area (Å²) in [5.41, 5.74) is 1.33. The van der Waals surface area contributed by atoms with Crippen molar-refractivity contribution in [3.63, 3.8) is 0 Å². The van der Waals surface area contributed by atoms with Crippen molar-refractivity contribution in [1.82, 2.24) is 4.90 Å². The van der Waals surface area contributed by atoms with E-state index in [-0.39, 0.29) is 12.1 Å². The average molecular weight is 512 g/mol. The van der Waals surface area contributed by atoms with Crippen molar-refractivity contribution in [1.29, 1.82) is 0 Å². The van der Waals surface area contributed by atoms with Gasteiger partial charge in [-0.2, -0.15) is 0 Å². The van der Waals surface area contributed by atoms with Gasteiger partial charge in [0.05, 0.1) is 26.5 Å². The molecule has 1 spiro atoms. The summed E-state index contributed by atoms with van der Waals surface area (Å²) in [6.45, 7) is -0.0101. The molecule has 1 atom stereocenters. The van der Waals surface area contributed by atoms with Crippen LogP contribution in [0.4, 0.5) is 25.0 Å². The molecule has 3 aromatic carbocycles. The number of halogens is 2. The van der Waals surface area contributed by atoms with Crippen molar-refractivity contribution in [3.05, 3.63) is 83.4 Å². The molecule has 3 aromatic rings. The van der Waals surface area contributed by atoms with E-state index < -0.39 is 28.4 Å². The van der Waals surface area contributed by atoms with Gasteiger partial charge in [0.25, 0.3) is 5.91 Å². The van der Waals surface area contributed by atoms with Crippen LogP contribution in [0, 0.1) is 11.6 Å². The van der Waals surface area contributed by atoms with Gasteiger partial charge in [-0.05, 0) is 54.6 Å². The highest BCUT2D eigenvalue weighted by Crippen LogP contribution is 2.55. The number of carbonyl (C=O) groups is 2. The lowest BCUT2D eigenvalue weighted by molar-refractivity contribution is -0.123. The number of nitrogens with one attached hydrogen (secondary N) is 1. The van der Waals surface area contributed by atoms with Gasteiger partial charge in [-0.15, -0.1) is 11.8 Å². The van der Waals surface area contributed by atoms with E-state index in [0.29, 0.717) is 40.7 Å². The lowest BCUT2D eigenvalue weighted by Gasteiger charge is -2.33. The standard InChI is InChI=1S/C26H23F2N3O4S/c1-34-17-8-6-16(7-9-17)29-25(33)31-12-13-36-26(31)20-14-18(35-2)10-11-23(20)30(24(26)32)15-19-21(27)4-3-5-22(19)28/h3-11,14H,12-13,15H2,1-2H3,(H,29,33)/t26-/m0/s1. The fraction of sp³-hybridized carbons (Fsp3) is 0.231. The number of methoxy groups -OCH3 is 2. The first-order chi connectivity index (χ1) is 17.4. The van der Waals surface area contributed by atoms with Crippen LogP contribution in [-0.2, 0) is 16.2 Å². The number of benzene rings is 3. The summed E-state index contributed by atoms with van der Waals surface area (Å²) in [5, 5.41) is 2.85. The maximum atomic E-state index is 14.5. The zero-order valence-corrected chi connectivity index (χ0v) is 20.4. The summed E-state index contributed by atoms with van der Waals surface area (Å²) in [7, 11) is 3.06. The molecular weight excluding hydrogens is 488 g/mol. The molecule has 10 heteroatoms. The van der Waals surface area contributed by atoms with Crippen LogP contribution in [0.3, 0.4) is 0 Å². The third-order valence-electron chi connectivity index (χ3n) is 6.36. The summed E-state index contributed by atoms with van der Waals surface area (Å²) in [5.74, 6) is -0.285. The number of carbonyl (C=O) groups excluding carboxylic acids is 2. The van der Waals surface area contributed by atoms with Crippen LogP contribution in [0.15, 0.2) is 60.7 Å². The van der Waals surface area contributed by atoms with Crippen LogP contribution in [0.5, 0.6) is 11.5 Å². The fourth-order valence-corrected chi connectivity index (χ4v) is 6.04. The van der Waals surface area contributed by atoms with Gasteiger partial charge >= 0.3 is 6.03 Å². The van der Waals surface area contributed by atoms with Gasteiger partial charge in [0, 0.05) is 29.1 Å². The summed E-state index contributed by atoms with van der Waals surface area (Å²) in [4.78, 5) is 28.9. The number of rotatable bonds is 5. The topological polar surface area (TPSA) is 71.1 Å². The van der Waals surface area contributed by atoms with Crippen LogP contribution in [0.25, 0.3) is 0 Å². The molecule has 0 aromatic heterocycles. The SMILES string of the molecule is COc1ccc(NC(=O)N2CCS[C@@]23C(=O)N(Cc2c(F)cccc2F)c2ccc(OC)cc23)cc1. The van der Waals surface area contributed by atoms with Crippen LogP contribution < -0.4 is 19.7 Å². The molecule has 0 aliphatic carbocycles. The van der Waals surface area contributed by atoms with E-state index in [0.717, 1.165) is 12.1 Å². The minimum atomic E-state index is -1.40. The molecule has 36 heavy (non-hydrogen) atoms. The Kier molecular flexibility index (Phi) is 6.21. The van der Waals surface area contributed by atoms with Gasteiger partial charge < -0.3 is 19.7 Å². The molecule has 2 aliphatic rings. The third-order valence-corrected chi connectivity index (χ3v) is 7.78. The minimum Gasteiger partial charge on any atom is -0.497 e. The van der Waals surface area contributed by atoms with E-state index >= 15 is 0 Å². The molecule has 2 heterocycles. The average Bonchev–Trinajstić information content (AvgIpc) is 3.43. The number of nitrogens with zero attached hydrogens (tertiary/aromatic N) is 2. The molecule has 1 fully saturated rings. The normalized spacial score (nSPS) is 18.5. The summed E-state index contributed by atoms with van der Waals surface area (Å²) in [6, 6.07) is 15.0. The number of hydrogen-bond acceptors (Lipinski definition) is 5. The van der Waals surface area contributed by atoms with Gasteiger partial charge in [-0.3, -0.25) is 9.69 Å². The molecule has 0 bridgehead atoms. The van der Waals surface area contributed by atoms with Gasteiger partial charge in [0.2, 0.25) is 0 Å². The van der Waals surface area contributed by atoms with Crippen molar-refractivity contribution in [2.75, 3.05) is 36.7 Å². The van der Waals surface area contributed by atoms with E-state index in [1.54, 1.807) is 49.6 Å². The summed E-state index contributed by atoms with van der Waals surface area (Å²) < 4.78 is 39.6. The zero-order chi connectivity index (χ0) is 25.4. The molecule has 2 aliphatic heterocycles. The van der Waals surface area contributed by atoms with Gasteiger partial charge in [-0.25, -0.2) is 13.6 Å². The molecule has 186 valence electrons. The molecule has 0 unspecified atom stereocenters. The Labute approximate surface area is 211 Å². The number of anilines is 2. The molecular formula is C26H23F2N3O4S. The van der Waals surface area contributed by atoms with E-state index in [4.69, 9.17) is 9.47 Å². The van der Waals surface area contributed by atoms with Crippen LogP contribution in [-0.4, -0.2) is 43.4 Å². The monoisotopic (exact) mass is 511 g/mol. The number of hydrogen-bond donors (Lipinski definition) is 1. The van der Waals surface area contributed by atoms with Crippen molar-refractivity contribution >= 4 is 35.1 Å². The quantitative estimate of drug-likeness (QED) is 0.524. The van der Waals surface area contributed by atoms with E-state index in [1.807, 2.05) is 0 Å². The first-order valence-electron chi connectivity index (χ1n) is 11.2. The van der Waals surface area contributed by atoms with Gasteiger partial charge in [-0.1, -0.05) is 6.07 Å². The lowest BCUT2D eigenvalue weighted by Crippen LogP contribution is -2.51. The van der Waals surface area contributed by atoms with Crippen LogP contribution in [0.2, 0.25) is 0 Å². The second-order valence-corrected chi connectivity index (χ2v) is 9.57. The highest BCUT2D eigenvalue weighted by Gasteiger charge is 2.59. The van der Waals surface area contributed by atoms with Crippen molar-refractivity contribution in [3.8, 4) is 11.5 Å². The first kappa shape index (κ1) is 23.9. The number of fused-ring (bicyclic) bond motifs is 2. The van der Waals surface area contributed by atoms with Crippen molar-refractivity contribution in [2.24, 2.45) is 0 Å². The number of thioether (sulfide) groups is 1. The third kappa shape index (κ3) is 3.81. The predicted octanol–water partition coefficient (Wildman–Crippen LogP) is 4.96. The Hall–Kier alpha value is -3.79. The Balaban J connectivity index is 1.54. The van der Waals surface area contributed by atoms with E-state index in [1.165, 1.54) is 34.7 Å². The second-order valence-electron chi connectivity index (χ2n) is 8.28. The second kappa shape index (κ2) is 9.34. The molecule has 7 nitrogen and oxygen atoms in total. The van der Waals surface area contributed by atoms with Gasteiger partial charge in [0.1, 0.15) is 23.1 Å². The van der Waals surface area contributed by atoms with Crippen molar-refractivity contribution < 1.29 is 27.8 Å². The van der Waals surface area contributed by atoms with Crippen LogP contribution in [0.1, 0.15) is 11.1 Å². The molecule has 3 amide bonds. The fourth-order valence-electron chi connectivity index (χ4n) is 4.59.